The molecule has 0 aliphatic carbocycles. The summed E-state index contributed by atoms with van der Waals surface area (Å²) >= 11 is 4.17. The van der Waals surface area contributed by atoms with Crippen LogP contribution in [0.5, 0.6) is 0 Å². The van der Waals surface area contributed by atoms with Gasteiger partial charge in [-0.05, 0) is 66.0 Å². The van der Waals surface area contributed by atoms with Crippen molar-refractivity contribution in [2.24, 2.45) is 0 Å². The maximum Gasteiger partial charge on any atom is 0.201 e. The molecule has 10 nitrogen and oxygen atoms in total. The predicted molar refractivity (Wildman–Crippen MR) is 234 cm³/mol. The lowest BCUT2D eigenvalue weighted by Crippen LogP contribution is -2.10. The molecule has 272 valence electrons. The van der Waals surface area contributed by atoms with Gasteiger partial charge in [0.15, 0.2) is 11.6 Å². The molecule has 0 spiro atoms. The summed E-state index contributed by atoms with van der Waals surface area (Å²) in [5, 5.41) is 24.6. The summed E-state index contributed by atoms with van der Waals surface area (Å²) in [5.41, 5.74) is 6.01. The number of hydrogen-bond donors (Lipinski definition) is 0. The van der Waals surface area contributed by atoms with Gasteiger partial charge in [-0.25, -0.2) is 0 Å². The standard InChI is InChI=1S/2C22H15IN4O/c2*23-19(21(28)17-12-6-2-7-13-17)20(16-10-4-1-5-11-16)27-22(24-25-26-27)18-14-8-3-9-15-18/h2*1-15H/b2*20-19+. The molecule has 0 radical (unpaired) electrons. The lowest BCUT2D eigenvalue weighted by Gasteiger charge is -2.13. The van der Waals surface area contributed by atoms with Gasteiger partial charge in [0.25, 0.3) is 0 Å². The Morgan fingerprint density at radius 3 is 0.946 bits per heavy atom. The molecule has 8 aromatic rings. The van der Waals surface area contributed by atoms with Crippen molar-refractivity contribution in [1.82, 2.24) is 40.4 Å². The van der Waals surface area contributed by atoms with Gasteiger partial charge < -0.3 is 0 Å². The molecule has 56 heavy (non-hydrogen) atoms. The number of halogens is 2. The van der Waals surface area contributed by atoms with Crippen LogP contribution in [-0.2, 0) is 0 Å². The van der Waals surface area contributed by atoms with Crippen LogP contribution in [0.3, 0.4) is 0 Å². The largest absolute Gasteiger partial charge is 0.288 e. The molecule has 0 saturated carbocycles. The first-order chi connectivity index (χ1) is 27.5. The molecular weight excluding hydrogens is 926 g/mol. The third-order valence-corrected chi connectivity index (χ3v) is 10.4. The molecule has 0 aliphatic heterocycles. The van der Waals surface area contributed by atoms with Crippen molar-refractivity contribution in [3.63, 3.8) is 0 Å². The van der Waals surface area contributed by atoms with E-state index < -0.39 is 0 Å². The van der Waals surface area contributed by atoms with Crippen LogP contribution in [0.25, 0.3) is 34.2 Å². The molecule has 0 unspecified atom stereocenters. The minimum absolute atomic E-state index is 0.0745. The first-order valence-corrected chi connectivity index (χ1v) is 19.4. The van der Waals surface area contributed by atoms with E-state index in [1.165, 1.54) is 0 Å². The summed E-state index contributed by atoms with van der Waals surface area (Å²) in [6.45, 7) is 0. The highest BCUT2D eigenvalue weighted by Crippen LogP contribution is 2.32. The fraction of sp³-hybridized carbons (Fsp3) is 0. The van der Waals surface area contributed by atoms with Crippen LogP contribution in [0.1, 0.15) is 31.8 Å². The van der Waals surface area contributed by atoms with Crippen molar-refractivity contribution in [3.05, 3.63) is 211 Å². The van der Waals surface area contributed by atoms with Crippen LogP contribution in [0.15, 0.2) is 189 Å². The summed E-state index contributed by atoms with van der Waals surface area (Å²) in [6, 6.07) is 57.2. The van der Waals surface area contributed by atoms with Crippen LogP contribution < -0.4 is 0 Å². The number of rotatable bonds is 10. The Balaban J connectivity index is 0.000000172. The minimum atomic E-state index is -0.0745. The molecule has 8 rings (SSSR count). The maximum absolute atomic E-state index is 13.2. The first kappa shape index (κ1) is 38.0. The fourth-order valence-corrected chi connectivity index (χ4v) is 7.44. The van der Waals surface area contributed by atoms with Crippen molar-refractivity contribution in [2.45, 2.75) is 0 Å². The summed E-state index contributed by atoms with van der Waals surface area (Å²) < 4.78 is 4.35. The van der Waals surface area contributed by atoms with Crippen LogP contribution in [0.2, 0.25) is 0 Å². The zero-order valence-electron chi connectivity index (χ0n) is 29.5. The van der Waals surface area contributed by atoms with E-state index in [0.29, 0.717) is 41.3 Å². The van der Waals surface area contributed by atoms with E-state index in [4.69, 9.17) is 0 Å². The number of allylic oxidation sites excluding steroid dienone is 2. The molecule has 2 aromatic heterocycles. The van der Waals surface area contributed by atoms with Gasteiger partial charge in [0, 0.05) is 33.4 Å². The highest BCUT2D eigenvalue weighted by atomic mass is 127. The van der Waals surface area contributed by atoms with Crippen LogP contribution in [0.4, 0.5) is 0 Å². The van der Waals surface area contributed by atoms with E-state index in [2.05, 4.69) is 76.2 Å². The van der Waals surface area contributed by atoms with Crippen molar-refractivity contribution in [1.29, 1.82) is 0 Å². The number of hydrogen-bond acceptors (Lipinski definition) is 8. The van der Waals surface area contributed by atoms with Crippen molar-refractivity contribution in [2.75, 3.05) is 0 Å². The Morgan fingerprint density at radius 2 is 0.643 bits per heavy atom. The van der Waals surface area contributed by atoms with Crippen molar-refractivity contribution < 1.29 is 9.59 Å². The van der Waals surface area contributed by atoms with E-state index in [1.54, 1.807) is 33.6 Å². The molecule has 0 N–H and O–H groups in total. The Bertz CT molecular complexity index is 2430. The van der Waals surface area contributed by atoms with Gasteiger partial charge in [0.2, 0.25) is 11.6 Å². The van der Waals surface area contributed by atoms with Gasteiger partial charge in [-0.1, -0.05) is 182 Å². The minimum Gasteiger partial charge on any atom is -0.288 e. The second-order valence-electron chi connectivity index (χ2n) is 12.0. The lowest BCUT2D eigenvalue weighted by molar-refractivity contribution is 0.103. The van der Waals surface area contributed by atoms with Crippen LogP contribution >= 0.6 is 45.2 Å². The molecule has 0 amide bonds. The van der Waals surface area contributed by atoms with E-state index >= 15 is 0 Å². The van der Waals surface area contributed by atoms with Crippen molar-refractivity contribution >= 4 is 68.1 Å². The topological polar surface area (TPSA) is 121 Å². The number of benzene rings is 6. The molecule has 12 heteroatoms. The predicted octanol–water partition coefficient (Wildman–Crippen LogP) is 9.75. The van der Waals surface area contributed by atoms with Gasteiger partial charge in [-0.2, -0.15) is 9.36 Å². The molecule has 0 atom stereocenters. The number of carbonyl (C=O) groups is 2. The van der Waals surface area contributed by atoms with Gasteiger partial charge in [0.1, 0.15) is 0 Å². The lowest BCUT2D eigenvalue weighted by atomic mass is 10.1. The smallest absolute Gasteiger partial charge is 0.201 e. The fourth-order valence-electron chi connectivity index (χ4n) is 5.73. The Labute approximate surface area is 349 Å². The molecule has 6 aromatic carbocycles. The Hall–Kier alpha value is -6.26. The number of nitrogens with zero attached hydrogens (tertiary/aromatic N) is 8. The van der Waals surface area contributed by atoms with Gasteiger partial charge in [0.05, 0.1) is 18.6 Å². The molecule has 0 saturated heterocycles. The SMILES string of the molecule is O=C(/C(I)=C(/c1ccccc1)n1nnnc1-c1ccccc1)c1ccccc1.O=C(/C(I)=C(/c1ccccc1)n1nnnc1-c1ccccc1)c1ccccc1. The highest BCUT2D eigenvalue weighted by molar-refractivity contribution is 14.1. The number of ketones is 2. The van der Waals surface area contributed by atoms with E-state index in [1.807, 2.05) is 158 Å². The molecular formula is C44H30I2N8O2. The second-order valence-corrected chi connectivity index (χ2v) is 14.2. The highest BCUT2D eigenvalue weighted by Gasteiger charge is 2.23. The second kappa shape index (κ2) is 18.4. The quantitative estimate of drug-likeness (QED) is 0.0755. The number of carbonyl (C=O) groups excluding carboxylic acids is 2. The van der Waals surface area contributed by atoms with Gasteiger partial charge in [-0.3, -0.25) is 9.59 Å². The molecule has 0 fully saturated rings. The summed E-state index contributed by atoms with van der Waals surface area (Å²) in [6.07, 6.45) is 0. The van der Waals surface area contributed by atoms with Gasteiger partial charge in [-0.15, -0.1) is 10.2 Å². The number of aromatic nitrogens is 8. The third-order valence-electron chi connectivity index (χ3n) is 8.41. The van der Waals surface area contributed by atoms with E-state index in [9.17, 15) is 9.59 Å². The zero-order valence-corrected chi connectivity index (χ0v) is 33.8. The van der Waals surface area contributed by atoms with Crippen LogP contribution in [-0.4, -0.2) is 52.0 Å². The summed E-state index contributed by atoms with van der Waals surface area (Å²) in [4.78, 5) is 26.3. The van der Waals surface area contributed by atoms with E-state index in [-0.39, 0.29) is 11.6 Å². The Kier molecular flexibility index (Phi) is 12.5. The van der Waals surface area contributed by atoms with Crippen LogP contribution in [0, 0.1) is 0 Å². The third kappa shape index (κ3) is 8.66. The van der Waals surface area contributed by atoms with E-state index in [0.717, 1.165) is 22.3 Å². The Morgan fingerprint density at radius 1 is 0.375 bits per heavy atom. The number of tetrazole rings is 2. The molecule has 0 bridgehead atoms. The number of Topliss-reactive ketones (excluding diaryl/α,β-unsaturated/α-hetero) is 2. The maximum atomic E-state index is 13.2. The molecule has 0 aliphatic rings. The normalized spacial score (nSPS) is 11.8. The molecule has 2 heterocycles. The van der Waals surface area contributed by atoms with Crippen molar-refractivity contribution in [3.8, 4) is 22.8 Å². The monoisotopic (exact) mass is 956 g/mol. The first-order valence-electron chi connectivity index (χ1n) is 17.3. The van der Waals surface area contributed by atoms with Gasteiger partial charge >= 0.3 is 0 Å². The average molecular weight is 957 g/mol. The summed E-state index contributed by atoms with van der Waals surface area (Å²) in [7, 11) is 0. The zero-order chi connectivity index (χ0) is 38.7. The summed E-state index contributed by atoms with van der Waals surface area (Å²) in [5.74, 6) is 1.01. The average Bonchev–Trinajstić information content (AvgIpc) is 3.96.